The lowest BCUT2D eigenvalue weighted by atomic mass is 9.99. The van der Waals surface area contributed by atoms with E-state index in [1.807, 2.05) is 0 Å². The third-order valence-electron chi connectivity index (χ3n) is 1.95. The van der Waals surface area contributed by atoms with Gasteiger partial charge in [0, 0.05) is 6.42 Å². The van der Waals surface area contributed by atoms with Crippen LogP contribution in [0.2, 0.25) is 0 Å². The van der Waals surface area contributed by atoms with Crippen molar-refractivity contribution in [2.24, 2.45) is 5.73 Å². The molecule has 0 fully saturated rings. The molecule has 14 heavy (non-hydrogen) atoms. The number of carboxylic acid groups (broad SMARTS) is 1. The molecule has 2 atom stereocenters. The molecule has 1 aliphatic carbocycles. The van der Waals surface area contributed by atoms with Gasteiger partial charge in [0.05, 0.1) is 0 Å². The van der Waals surface area contributed by atoms with Gasteiger partial charge in [-0.25, -0.2) is 4.39 Å². The quantitative estimate of drug-likeness (QED) is 0.709. The minimum Gasteiger partial charge on any atom is -0.480 e. The smallest absolute Gasteiger partial charge is 0.320 e. The van der Waals surface area contributed by atoms with Gasteiger partial charge in [0.25, 0.3) is 0 Å². The number of hydrogen-bond donors (Lipinski definition) is 2. The van der Waals surface area contributed by atoms with Gasteiger partial charge in [-0.3, -0.25) is 4.79 Å². The number of hydrogen-bond acceptors (Lipinski definition) is 2. The Balaban J connectivity index is 2.54. The normalized spacial score (nSPS) is 28.4. The fourth-order valence-electron chi connectivity index (χ4n) is 1.12. The summed E-state index contributed by atoms with van der Waals surface area (Å²) in [7, 11) is 0. The van der Waals surface area contributed by atoms with Crippen molar-refractivity contribution in [1.29, 1.82) is 0 Å². The van der Waals surface area contributed by atoms with E-state index >= 15 is 0 Å². The molecular weight excluding hydrogens is 209 g/mol. The minimum atomic E-state index is -1.84. The highest BCUT2D eigenvalue weighted by Crippen LogP contribution is 2.29. The number of alkyl halides is 2. The van der Waals surface area contributed by atoms with Gasteiger partial charge in [0.15, 0.2) is 0 Å². The number of halogens is 2. The first-order valence-corrected chi connectivity index (χ1v) is 4.53. The van der Waals surface area contributed by atoms with E-state index in [0.29, 0.717) is 5.57 Å². The lowest BCUT2D eigenvalue weighted by Gasteiger charge is -2.17. The predicted octanol–water partition coefficient (Wildman–Crippen LogP) is 1.58. The molecule has 0 aromatic carbocycles. The molecule has 0 heterocycles. The maximum absolute atomic E-state index is 13.0. The van der Waals surface area contributed by atoms with E-state index < -0.39 is 17.1 Å². The SMILES string of the molecule is N[C@@H](CC1=CCC(F)(Cl)C=C1)C(=O)O. The third-order valence-corrected chi connectivity index (χ3v) is 2.23. The molecule has 78 valence electrons. The van der Waals surface area contributed by atoms with E-state index in [1.165, 1.54) is 12.2 Å². The molecule has 1 aliphatic rings. The Bertz CT molecular complexity index is 299. The predicted molar refractivity (Wildman–Crippen MR) is 51.8 cm³/mol. The molecule has 3 nitrogen and oxygen atoms in total. The van der Waals surface area contributed by atoms with Crippen molar-refractivity contribution in [3.8, 4) is 0 Å². The number of rotatable bonds is 3. The molecule has 0 saturated heterocycles. The van der Waals surface area contributed by atoms with Gasteiger partial charge in [-0.05, 0) is 18.1 Å². The van der Waals surface area contributed by atoms with Crippen LogP contribution in [0.15, 0.2) is 23.8 Å². The van der Waals surface area contributed by atoms with Gasteiger partial charge in [0.2, 0.25) is 5.13 Å². The molecule has 5 heteroatoms. The van der Waals surface area contributed by atoms with Crippen LogP contribution in [0.3, 0.4) is 0 Å². The highest BCUT2D eigenvalue weighted by molar-refractivity contribution is 6.24. The molecular formula is C9H11ClFNO2. The summed E-state index contributed by atoms with van der Waals surface area (Å²) in [5.41, 5.74) is 6.02. The van der Waals surface area contributed by atoms with Crippen LogP contribution in [0, 0.1) is 0 Å². The molecule has 3 N–H and O–H groups in total. The molecule has 1 rings (SSSR count). The minimum absolute atomic E-state index is 0.0483. The monoisotopic (exact) mass is 219 g/mol. The van der Waals surface area contributed by atoms with Gasteiger partial charge in [-0.2, -0.15) is 0 Å². The van der Waals surface area contributed by atoms with Gasteiger partial charge < -0.3 is 10.8 Å². The second kappa shape index (κ2) is 4.11. The fourth-order valence-corrected chi connectivity index (χ4v) is 1.26. The number of carbonyl (C=O) groups is 1. The maximum atomic E-state index is 13.0. The Labute approximate surface area is 86.0 Å². The van der Waals surface area contributed by atoms with Gasteiger partial charge in [0.1, 0.15) is 6.04 Å². The second-order valence-corrected chi connectivity index (χ2v) is 3.85. The van der Waals surface area contributed by atoms with Crippen LogP contribution < -0.4 is 5.73 Å². The summed E-state index contributed by atoms with van der Waals surface area (Å²) in [5.74, 6) is -1.07. The first kappa shape index (κ1) is 11.2. The number of nitrogens with two attached hydrogens (primary N) is 1. The van der Waals surface area contributed by atoms with Crippen molar-refractivity contribution in [3.05, 3.63) is 23.8 Å². The lowest BCUT2D eigenvalue weighted by molar-refractivity contribution is -0.138. The molecule has 0 bridgehead atoms. The molecule has 0 amide bonds. The summed E-state index contributed by atoms with van der Waals surface area (Å²) >= 11 is 5.39. The zero-order valence-corrected chi connectivity index (χ0v) is 8.17. The fraction of sp³-hybridized carbons (Fsp3) is 0.444. The third kappa shape index (κ3) is 3.12. The second-order valence-electron chi connectivity index (χ2n) is 3.23. The van der Waals surface area contributed by atoms with Crippen molar-refractivity contribution in [2.75, 3.05) is 0 Å². The largest absolute Gasteiger partial charge is 0.480 e. The summed E-state index contributed by atoms with van der Waals surface area (Å²) in [6.07, 6.45) is 4.49. The summed E-state index contributed by atoms with van der Waals surface area (Å²) < 4.78 is 13.0. The molecule has 0 spiro atoms. The van der Waals surface area contributed by atoms with Gasteiger partial charge in [-0.15, -0.1) is 0 Å². The van der Waals surface area contributed by atoms with E-state index in [4.69, 9.17) is 22.4 Å². The average Bonchev–Trinajstić information content (AvgIpc) is 2.08. The number of carboxylic acids is 1. The maximum Gasteiger partial charge on any atom is 0.320 e. The van der Waals surface area contributed by atoms with Crippen LogP contribution in [0.1, 0.15) is 12.8 Å². The van der Waals surface area contributed by atoms with Crippen molar-refractivity contribution >= 4 is 17.6 Å². The van der Waals surface area contributed by atoms with Gasteiger partial charge in [-0.1, -0.05) is 23.8 Å². The molecule has 0 saturated carbocycles. The summed E-state index contributed by atoms with van der Waals surface area (Å²) in [4.78, 5) is 10.4. The number of allylic oxidation sites excluding steroid dienone is 3. The van der Waals surface area contributed by atoms with E-state index in [0.717, 1.165) is 0 Å². The zero-order valence-electron chi connectivity index (χ0n) is 7.41. The Kier molecular flexibility index (Phi) is 3.29. The van der Waals surface area contributed by atoms with Gasteiger partial charge >= 0.3 is 5.97 Å². The molecule has 0 aromatic heterocycles. The first-order chi connectivity index (χ1) is 6.41. The van der Waals surface area contributed by atoms with Crippen LogP contribution in [-0.2, 0) is 4.79 Å². The van der Waals surface area contributed by atoms with E-state index in [9.17, 15) is 9.18 Å². The standard InChI is InChI=1S/C9H11ClFNO2/c10-9(11)3-1-6(2-4-9)5-7(12)8(13)14/h1-3,7H,4-5,12H2,(H,13,14)/t7-,9?/m0/s1. The summed E-state index contributed by atoms with van der Waals surface area (Å²) in [6, 6.07) is -0.951. The Morgan fingerprint density at radius 1 is 1.86 bits per heavy atom. The zero-order chi connectivity index (χ0) is 10.8. The summed E-state index contributed by atoms with van der Waals surface area (Å²) in [6.45, 7) is 0. The van der Waals surface area contributed by atoms with E-state index in [-0.39, 0.29) is 12.8 Å². The molecule has 0 aromatic rings. The lowest BCUT2D eigenvalue weighted by Crippen LogP contribution is -2.30. The Hall–Kier alpha value is -0.870. The Morgan fingerprint density at radius 2 is 2.50 bits per heavy atom. The summed E-state index contributed by atoms with van der Waals surface area (Å²) in [5, 5.41) is 6.70. The Morgan fingerprint density at radius 3 is 2.93 bits per heavy atom. The first-order valence-electron chi connectivity index (χ1n) is 4.15. The number of aliphatic carboxylic acids is 1. The molecule has 0 aliphatic heterocycles. The highest BCUT2D eigenvalue weighted by atomic mass is 35.5. The van der Waals surface area contributed by atoms with Crippen molar-refractivity contribution in [2.45, 2.75) is 24.0 Å². The topological polar surface area (TPSA) is 63.3 Å². The van der Waals surface area contributed by atoms with Crippen molar-refractivity contribution < 1.29 is 14.3 Å². The van der Waals surface area contributed by atoms with Crippen LogP contribution in [0.4, 0.5) is 4.39 Å². The average molecular weight is 220 g/mol. The molecule has 0 radical (unpaired) electrons. The van der Waals surface area contributed by atoms with Crippen LogP contribution in [0.25, 0.3) is 0 Å². The van der Waals surface area contributed by atoms with E-state index in [2.05, 4.69) is 0 Å². The molecule has 1 unspecified atom stereocenters. The van der Waals surface area contributed by atoms with Crippen LogP contribution in [-0.4, -0.2) is 22.2 Å². The highest BCUT2D eigenvalue weighted by Gasteiger charge is 2.24. The van der Waals surface area contributed by atoms with E-state index in [1.54, 1.807) is 6.08 Å². The van der Waals surface area contributed by atoms with Crippen molar-refractivity contribution in [1.82, 2.24) is 0 Å². The van der Waals surface area contributed by atoms with Crippen LogP contribution in [0.5, 0.6) is 0 Å². The van der Waals surface area contributed by atoms with Crippen LogP contribution >= 0.6 is 11.6 Å². The van der Waals surface area contributed by atoms with Crippen molar-refractivity contribution in [3.63, 3.8) is 0 Å².